The smallest absolute Gasteiger partial charge is 0.262 e. The molecule has 2 aromatic carbocycles. The molecule has 0 saturated carbocycles. The highest BCUT2D eigenvalue weighted by atomic mass is 35.5. The van der Waals surface area contributed by atoms with Crippen molar-refractivity contribution in [3.63, 3.8) is 0 Å². The monoisotopic (exact) mass is 366 g/mol. The van der Waals surface area contributed by atoms with Gasteiger partial charge in [0.05, 0.1) is 16.3 Å². The zero-order valence-corrected chi connectivity index (χ0v) is 14.6. The molecule has 0 spiro atoms. The standard InChI is InChI=1S/C16H15ClN2O4S/c1-9-3-4-11(17)6-12(9)19-24(21,22)15-7-14-13(5-10(15)2)18-16(20)8-23-14/h3-7,19H,8H2,1-2H3,(H,18,20). The fourth-order valence-corrected chi connectivity index (χ4v) is 3.95. The number of anilines is 2. The average Bonchev–Trinajstić information content (AvgIpc) is 2.49. The molecule has 0 saturated heterocycles. The van der Waals surface area contributed by atoms with Gasteiger partial charge in [-0.05, 0) is 43.2 Å². The molecule has 126 valence electrons. The maximum absolute atomic E-state index is 12.7. The molecule has 0 fully saturated rings. The molecule has 8 heteroatoms. The fraction of sp³-hybridized carbons (Fsp3) is 0.188. The first-order chi connectivity index (χ1) is 11.3. The Morgan fingerprint density at radius 3 is 2.67 bits per heavy atom. The van der Waals surface area contributed by atoms with E-state index in [-0.39, 0.29) is 17.4 Å². The number of fused-ring (bicyclic) bond motifs is 1. The molecule has 0 aromatic heterocycles. The lowest BCUT2D eigenvalue weighted by Gasteiger charge is -2.20. The maximum Gasteiger partial charge on any atom is 0.262 e. The molecular formula is C16H15ClN2O4S. The molecule has 0 atom stereocenters. The first kappa shape index (κ1) is 16.6. The highest BCUT2D eigenvalue weighted by Gasteiger charge is 2.24. The quantitative estimate of drug-likeness (QED) is 0.874. The Morgan fingerprint density at radius 2 is 1.92 bits per heavy atom. The number of sulfonamides is 1. The van der Waals surface area contributed by atoms with Crippen LogP contribution in [0.3, 0.4) is 0 Å². The predicted octanol–water partition coefficient (Wildman–Crippen LogP) is 3.09. The third-order valence-electron chi connectivity index (χ3n) is 3.64. The number of halogens is 1. The van der Waals surface area contributed by atoms with E-state index in [0.717, 1.165) is 5.56 Å². The van der Waals surface area contributed by atoms with Crippen molar-refractivity contribution in [2.75, 3.05) is 16.6 Å². The zero-order valence-electron chi connectivity index (χ0n) is 13.0. The SMILES string of the molecule is Cc1ccc(Cl)cc1NS(=O)(=O)c1cc2c(cc1C)NC(=O)CO2. The second-order valence-electron chi connectivity index (χ2n) is 5.52. The summed E-state index contributed by atoms with van der Waals surface area (Å²) < 4.78 is 33.3. The lowest BCUT2D eigenvalue weighted by molar-refractivity contribution is -0.118. The molecule has 0 radical (unpaired) electrons. The van der Waals surface area contributed by atoms with Gasteiger partial charge in [0.25, 0.3) is 15.9 Å². The first-order valence-electron chi connectivity index (χ1n) is 7.12. The third kappa shape index (κ3) is 3.18. The summed E-state index contributed by atoms with van der Waals surface area (Å²) in [7, 11) is -3.83. The number of amides is 1. The number of nitrogens with one attached hydrogen (secondary N) is 2. The van der Waals surface area contributed by atoms with Gasteiger partial charge in [-0.1, -0.05) is 17.7 Å². The number of carbonyl (C=O) groups is 1. The van der Waals surface area contributed by atoms with Crippen LogP contribution in [0.1, 0.15) is 11.1 Å². The van der Waals surface area contributed by atoms with Gasteiger partial charge in [-0.15, -0.1) is 0 Å². The Labute approximate surface area is 144 Å². The summed E-state index contributed by atoms with van der Waals surface area (Å²) >= 11 is 5.94. The third-order valence-corrected chi connectivity index (χ3v) is 5.39. The number of benzene rings is 2. The largest absolute Gasteiger partial charge is 0.482 e. The van der Waals surface area contributed by atoms with Gasteiger partial charge in [-0.2, -0.15) is 0 Å². The average molecular weight is 367 g/mol. The Balaban J connectivity index is 2.01. The van der Waals surface area contributed by atoms with E-state index in [4.69, 9.17) is 16.3 Å². The van der Waals surface area contributed by atoms with Gasteiger partial charge in [-0.3, -0.25) is 9.52 Å². The van der Waals surface area contributed by atoms with Crippen molar-refractivity contribution in [1.82, 2.24) is 0 Å². The number of hydrogen-bond donors (Lipinski definition) is 2. The highest BCUT2D eigenvalue weighted by Crippen LogP contribution is 2.34. The summed E-state index contributed by atoms with van der Waals surface area (Å²) in [6.45, 7) is 3.29. The van der Waals surface area contributed by atoms with Crippen molar-refractivity contribution in [2.24, 2.45) is 0 Å². The molecule has 1 aliphatic rings. The lowest BCUT2D eigenvalue weighted by atomic mass is 10.2. The molecule has 0 bridgehead atoms. The summed E-state index contributed by atoms with van der Waals surface area (Å²) in [5.74, 6) is 0.0496. The van der Waals surface area contributed by atoms with Crippen LogP contribution in [0.4, 0.5) is 11.4 Å². The van der Waals surface area contributed by atoms with Crippen molar-refractivity contribution in [2.45, 2.75) is 18.7 Å². The van der Waals surface area contributed by atoms with Crippen LogP contribution in [-0.2, 0) is 14.8 Å². The predicted molar refractivity (Wildman–Crippen MR) is 92.3 cm³/mol. The number of hydrogen-bond acceptors (Lipinski definition) is 4. The van der Waals surface area contributed by atoms with Crippen LogP contribution in [-0.4, -0.2) is 20.9 Å². The van der Waals surface area contributed by atoms with Crippen LogP contribution in [0.25, 0.3) is 0 Å². The van der Waals surface area contributed by atoms with E-state index in [9.17, 15) is 13.2 Å². The van der Waals surface area contributed by atoms with Gasteiger partial charge < -0.3 is 10.1 Å². The van der Waals surface area contributed by atoms with Crippen molar-refractivity contribution < 1.29 is 17.9 Å². The molecule has 2 aromatic rings. The number of ether oxygens (including phenoxy) is 1. The maximum atomic E-state index is 12.7. The van der Waals surface area contributed by atoms with Crippen molar-refractivity contribution in [3.8, 4) is 5.75 Å². The van der Waals surface area contributed by atoms with Crippen molar-refractivity contribution in [1.29, 1.82) is 0 Å². The molecule has 1 amide bonds. The van der Waals surface area contributed by atoms with Crippen LogP contribution in [0, 0.1) is 13.8 Å². The van der Waals surface area contributed by atoms with E-state index in [1.165, 1.54) is 6.07 Å². The molecule has 2 N–H and O–H groups in total. The van der Waals surface area contributed by atoms with Crippen LogP contribution >= 0.6 is 11.6 Å². The minimum absolute atomic E-state index is 0.0803. The Kier molecular flexibility index (Phi) is 4.15. The van der Waals surface area contributed by atoms with E-state index in [2.05, 4.69) is 10.0 Å². The summed E-state index contributed by atoms with van der Waals surface area (Å²) in [5, 5.41) is 3.09. The molecule has 6 nitrogen and oxygen atoms in total. The van der Waals surface area contributed by atoms with Gasteiger partial charge in [0.15, 0.2) is 6.61 Å². The van der Waals surface area contributed by atoms with E-state index in [0.29, 0.717) is 27.7 Å². The van der Waals surface area contributed by atoms with Crippen molar-refractivity contribution in [3.05, 3.63) is 46.5 Å². The van der Waals surface area contributed by atoms with Gasteiger partial charge >= 0.3 is 0 Å². The summed E-state index contributed by atoms with van der Waals surface area (Å²) in [6.07, 6.45) is 0. The van der Waals surface area contributed by atoms with Crippen LogP contribution < -0.4 is 14.8 Å². The second kappa shape index (κ2) is 5.99. The molecular weight excluding hydrogens is 352 g/mol. The second-order valence-corrected chi connectivity index (χ2v) is 7.60. The lowest BCUT2D eigenvalue weighted by Crippen LogP contribution is -2.26. The minimum atomic E-state index is -3.83. The minimum Gasteiger partial charge on any atom is -0.482 e. The normalized spacial score (nSPS) is 13.7. The fourth-order valence-electron chi connectivity index (χ4n) is 2.41. The molecule has 0 aliphatic carbocycles. The van der Waals surface area contributed by atoms with E-state index < -0.39 is 10.0 Å². The van der Waals surface area contributed by atoms with Gasteiger partial charge in [-0.25, -0.2) is 8.42 Å². The topological polar surface area (TPSA) is 84.5 Å². The molecule has 24 heavy (non-hydrogen) atoms. The Morgan fingerprint density at radius 1 is 1.17 bits per heavy atom. The van der Waals surface area contributed by atoms with Crippen LogP contribution in [0.5, 0.6) is 5.75 Å². The van der Waals surface area contributed by atoms with Gasteiger partial charge in [0.1, 0.15) is 5.75 Å². The first-order valence-corrected chi connectivity index (χ1v) is 8.98. The van der Waals surface area contributed by atoms with E-state index in [1.54, 1.807) is 38.1 Å². The molecule has 1 aliphatic heterocycles. The van der Waals surface area contributed by atoms with Gasteiger partial charge in [0, 0.05) is 11.1 Å². The van der Waals surface area contributed by atoms with E-state index >= 15 is 0 Å². The Hall–Kier alpha value is -2.25. The number of aryl methyl sites for hydroxylation is 2. The van der Waals surface area contributed by atoms with Gasteiger partial charge in [0.2, 0.25) is 0 Å². The molecule has 1 heterocycles. The Bertz CT molecular complexity index is 941. The molecule has 0 unspecified atom stereocenters. The summed E-state index contributed by atoms with van der Waals surface area (Å²) in [4.78, 5) is 11.4. The summed E-state index contributed by atoms with van der Waals surface area (Å²) in [5.41, 5.74) is 2.12. The summed E-state index contributed by atoms with van der Waals surface area (Å²) in [6, 6.07) is 7.96. The van der Waals surface area contributed by atoms with Crippen LogP contribution in [0.15, 0.2) is 35.2 Å². The molecule has 3 rings (SSSR count). The van der Waals surface area contributed by atoms with Crippen molar-refractivity contribution >= 4 is 38.9 Å². The van der Waals surface area contributed by atoms with Crippen LogP contribution in [0.2, 0.25) is 5.02 Å². The number of carbonyl (C=O) groups excluding carboxylic acids is 1. The van der Waals surface area contributed by atoms with E-state index in [1.807, 2.05) is 0 Å². The number of rotatable bonds is 3. The zero-order chi connectivity index (χ0) is 17.5. The highest BCUT2D eigenvalue weighted by molar-refractivity contribution is 7.92.